The van der Waals surface area contributed by atoms with Crippen molar-refractivity contribution < 1.29 is 13.7 Å². The number of hydrogen-bond donors (Lipinski definition) is 1. The fourth-order valence-corrected chi connectivity index (χ4v) is 5.16. The van der Waals surface area contributed by atoms with Gasteiger partial charge in [-0.3, -0.25) is 9.00 Å². The molecule has 1 saturated carbocycles. The highest BCUT2D eigenvalue weighted by Gasteiger charge is 2.70. The van der Waals surface area contributed by atoms with Crippen LogP contribution in [0.2, 0.25) is 0 Å². The molecule has 3 atom stereocenters. The van der Waals surface area contributed by atoms with E-state index in [4.69, 9.17) is 10.5 Å². The Bertz CT molecular complexity index is 444. The molecule has 1 amide bonds. The lowest BCUT2D eigenvalue weighted by molar-refractivity contribution is -0.230. The zero-order chi connectivity index (χ0) is 14.5. The van der Waals surface area contributed by atoms with Gasteiger partial charge in [0.2, 0.25) is 5.91 Å². The van der Waals surface area contributed by atoms with E-state index in [1.54, 1.807) is 0 Å². The summed E-state index contributed by atoms with van der Waals surface area (Å²) in [6, 6.07) is 0. The van der Waals surface area contributed by atoms with Crippen LogP contribution in [-0.4, -0.2) is 57.9 Å². The van der Waals surface area contributed by atoms with Gasteiger partial charge in [-0.25, -0.2) is 0 Å². The first-order valence-electron chi connectivity index (χ1n) is 7.44. The second-order valence-corrected chi connectivity index (χ2v) is 8.47. The van der Waals surface area contributed by atoms with Gasteiger partial charge in [-0.2, -0.15) is 0 Å². The van der Waals surface area contributed by atoms with Gasteiger partial charge < -0.3 is 15.4 Å². The maximum atomic E-state index is 12.9. The minimum atomic E-state index is -0.823. The topological polar surface area (TPSA) is 72.6 Å². The highest BCUT2D eigenvalue weighted by molar-refractivity contribution is 7.85. The van der Waals surface area contributed by atoms with E-state index in [0.717, 1.165) is 19.4 Å². The first-order chi connectivity index (χ1) is 9.39. The highest BCUT2D eigenvalue weighted by atomic mass is 32.2. The smallest absolute Gasteiger partial charge is 0.243 e. The van der Waals surface area contributed by atoms with Crippen molar-refractivity contribution in [1.82, 2.24) is 4.90 Å². The van der Waals surface area contributed by atoms with E-state index in [-0.39, 0.29) is 23.3 Å². The standard InChI is InChI=1S/C14H24N2O3S/c1-13(2)11-10(4-3-7-19-11)14(13,15)12(17)16-5-8-20(18)9-6-16/h10-11H,3-9,15H2,1-2H3. The molecule has 2 heterocycles. The van der Waals surface area contributed by atoms with E-state index in [1.807, 2.05) is 18.7 Å². The lowest BCUT2D eigenvalue weighted by Gasteiger charge is -2.65. The van der Waals surface area contributed by atoms with Gasteiger partial charge in [-0.05, 0) is 12.8 Å². The molecular formula is C14H24N2O3S. The molecule has 6 heteroatoms. The summed E-state index contributed by atoms with van der Waals surface area (Å²) in [6.45, 7) is 5.99. The Balaban J connectivity index is 1.80. The number of amides is 1. The van der Waals surface area contributed by atoms with Crippen LogP contribution in [0.3, 0.4) is 0 Å². The molecule has 3 aliphatic rings. The summed E-state index contributed by atoms with van der Waals surface area (Å²) in [5.41, 5.74) is 5.45. The van der Waals surface area contributed by atoms with Crippen LogP contribution in [0.25, 0.3) is 0 Å². The summed E-state index contributed by atoms with van der Waals surface area (Å²) in [5.74, 6) is 1.32. The van der Waals surface area contributed by atoms with Crippen molar-refractivity contribution in [1.29, 1.82) is 0 Å². The number of nitrogens with two attached hydrogens (primary N) is 1. The number of rotatable bonds is 1. The van der Waals surface area contributed by atoms with Gasteiger partial charge in [0.15, 0.2) is 0 Å². The SMILES string of the molecule is CC1(C)C2OCCCC2C1(N)C(=O)N1CCS(=O)CC1. The van der Waals surface area contributed by atoms with Crippen LogP contribution in [-0.2, 0) is 20.3 Å². The summed E-state index contributed by atoms with van der Waals surface area (Å²) < 4.78 is 17.3. The second-order valence-electron chi connectivity index (χ2n) is 6.77. The predicted octanol–water partition coefficient (Wildman–Crippen LogP) is 0.110. The molecule has 0 bridgehead atoms. The second kappa shape index (κ2) is 4.78. The fraction of sp³-hybridized carbons (Fsp3) is 0.929. The predicted molar refractivity (Wildman–Crippen MR) is 77.6 cm³/mol. The number of hydrogen-bond acceptors (Lipinski definition) is 4. The molecule has 2 N–H and O–H groups in total. The molecule has 3 rings (SSSR count). The Morgan fingerprint density at radius 3 is 2.65 bits per heavy atom. The van der Waals surface area contributed by atoms with Crippen molar-refractivity contribution in [3.63, 3.8) is 0 Å². The van der Waals surface area contributed by atoms with Crippen LogP contribution < -0.4 is 5.73 Å². The average Bonchev–Trinajstić information content (AvgIpc) is 2.46. The van der Waals surface area contributed by atoms with Crippen LogP contribution in [0.1, 0.15) is 26.7 Å². The Hall–Kier alpha value is -0.460. The van der Waals surface area contributed by atoms with Crippen molar-refractivity contribution in [3.05, 3.63) is 0 Å². The van der Waals surface area contributed by atoms with Crippen molar-refractivity contribution in [3.8, 4) is 0 Å². The number of fused-ring (bicyclic) bond motifs is 1. The first kappa shape index (κ1) is 14.5. The number of carbonyl (C=O) groups excluding carboxylic acids is 1. The van der Waals surface area contributed by atoms with Gasteiger partial charge in [-0.15, -0.1) is 0 Å². The minimum absolute atomic E-state index is 0.0333. The molecule has 3 unspecified atom stereocenters. The molecule has 0 spiro atoms. The van der Waals surface area contributed by atoms with Gasteiger partial charge in [0.1, 0.15) is 5.54 Å². The van der Waals surface area contributed by atoms with Gasteiger partial charge >= 0.3 is 0 Å². The quantitative estimate of drug-likeness (QED) is 0.746. The van der Waals surface area contributed by atoms with Gasteiger partial charge in [0, 0.05) is 53.3 Å². The third-order valence-electron chi connectivity index (χ3n) is 5.50. The molecule has 5 nitrogen and oxygen atoms in total. The number of carbonyl (C=O) groups is 1. The van der Waals surface area contributed by atoms with Crippen LogP contribution >= 0.6 is 0 Å². The van der Waals surface area contributed by atoms with Gasteiger partial charge in [0.05, 0.1) is 6.10 Å². The zero-order valence-electron chi connectivity index (χ0n) is 12.3. The number of nitrogens with zero attached hydrogens (tertiary/aromatic N) is 1. The van der Waals surface area contributed by atoms with Crippen LogP contribution in [0.4, 0.5) is 0 Å². The third-order valence-corrected chi connectivity index (χ3v) is 6.78. The number of ether oxygens (including phenoxy) is 1. The summed E-state index contributed by atoms with van der Waals surface area (Å²) in [5, 5.41) is 0. The fourth-order valence-electron chi connectivity index (χ4n) is 4.11. The summed E-state index contributed by atoms with van der Waals surface area (Å²) in [4.78, 5) is 14.7. The van der Waals surface area contributed by atoms with E-state index in [1.165, 1.54) is 0 Å². The van der Waals surface area contributed by atoms with E-state index in [0.29, 0.717) is 24.6 Å². The molecule has 0 aromatic heterocycles. The average molecular weight is 300 g/mol. The van der Waals surface area contributed by atoms with Crippen molar-refractivity contribution in [2.45, 2.75) is 38.3 Å². The molecule has 20 heavy (non-hydrogen) atoms. The van der Waals surface area contributed by atoms with E-state index >= 15 is 0 Å². The van der Waals surface area contributed by atoms with Crippen molar-refractivity contribution >= 4 is 16.7 Å². The molecule has 3 fully saturated rings. The maximum Gasteiger partial charge on any atom is 0.243 e. The Morgan fingerprint density at radius 2 is 2.00 bits per heavy atom. The molecule has 0 radical (unpaired) electrons. The zero-order valence-corrected chi connectivity index (χ0v) is 13.1. The summed E-state index contributed by atoms with van der Waals surface area (Å²) in [7, 11) is -0.775. The summed E-state index contributed by atoms with van der Waals surface area (Å²) in [6.07, 6.45) is 2.05. The van der Waals surface area contributed by atoms with Crippen LogP contribution in [0.15, 0.2) is 0 Å². The third kappa shape index (κ3) is 1.81. The van der Waals surface area contributed by atoms with Crippen LogP contribution in [0, 0.1) is 11.3 Å². The lowest BCUT2D eigenvalue weighted by Crippen LogP contribution is -2.82. The normalized spacial score (nSPS) is 40.9. The first-order valence-corrected chi connectivity index (χ1v) is 8.92. The molecule has 114 valence electrons. The molecular weight excluding hydrogens is 276 g/mol. The summed E-state index contributed by atoms with van der Waals surface area (Å²) >= 11 is 0. The van der Waals surface area contributed by atoms with Crippen LogP contribution in [0.5, 0.6) is 0 Å². The van der Waals surface area contributed by atoms with E-state index in [2.05, 4.69) is 0 Å². The minimum Gasteiger partial charge on any atom is -0.377 e. The molecule has 0 aromatic carbocycles. The Kier molecular flexibility index (Phi) is 3.46. The van der Waals surface area contributed by atoms with Gasteiger partial charge in [0.25, 0.3) is 0 Å². The monoisotopic (exact) mass is 300 g/mol. The largest absolute Gasteiger partial charge is 0.377 e. The highest BCUT2D eigenvalue weighted by Crippen LogP contribution is 2.57. The Morgan fingerprint density at radius 1 is 1.35 bits per heavy atom. The van der Waals surface area contributed by atoms with E-state index < -0.39 is 16.3 Å². The lowest BCUT2D eigenvalue weighted by atomic mass is 9.46. The molecule has 2 aliphatic heterocycles. The van der Waals surface area contributed by atoms with Crippen molar-refractivity contribution in [2.75, 3.05) is 31.2 Å². The molecule has 0 aromatic rings. The molecule has 2 saturated heterocycles. The van der Waals surface area contributed by atoms with Crippen molar-refractivity contribution in [2.24, 2.45) is 17.1 Å². The molecule has 1 aliphatic carbocycles. The maximum absolute atomic E-state index is 12.9. The van der Waals surface area contributed by atoms with Gasteiger partial charge in [-0.1, -0.05) is 13.8 Å². The Labute approximate surface area is 122 Å². The van der Waals surface area contributed by atoms with E-state index in [9.17, 15) is 9.00 Å².